The molecule has 0 aromatic carbocycles. The number of thiophene rings is 4. The van der Waals surface area contributed by atoms with Crippen LogP contribution in [0.15, 0.2) is 93.1 Å². The van der Waals surface area contributed by atoms with Crippen molar-refractivity contribution in [2.75, 3.05) is 26.4 Å². The fourth-order valence-electron chi connectivity index (χ4n) is 5.03. The van der Waals surface area contributed by atoms with Crippen molar-refractivity contribution >= 4 is 90.8 Å². The monoisotopic (exact) mass is 720 g/mol. The van der Waals surface area contributed by atoms with Gasteiger partial charge in [0.2, 0.25) is 11.6 Å². The molecule has 48 heavy (non-hydrogen) atoms. The average molecular weight is 721 g/mol. The van der Waals surface area contributed by atoms with Crippen molar-refractivity contribution < 1.29 is 38.1 Å². The summed E-state index contributed by atoms with van der Waals surface area (Å²) in [6.07, 6.45) is 0. The van der Waals surface area contributed by atoms with Crippen molar-refractivity contribution in [1.82, 2.24) is 0 Å². The number of hydrogen-bond donors (Lipinski definition) is 0. The first-order chi connectivity index (χ1) is 23.4. The zero-order valence-electron chi connectivity index (χ0n) is 26.7. The lowest BCUT2D eigenvalue weighted by Crippen LogP contribution is -2.25. The molecular weight excluding hydrogens is 689 g/mol. The first kappa shape index (κ1) is 35.0. The molecule has 0 unspecified atom stereocenters. The van der Waals surface area contributed by atoms with Gasteiger partial charge in [-0.15, -0.1) is 45.3 Å². The van der Waals surface area contributed by atoms with E-state index in [0.29, 0.717) is 48.7 Å². The highest BCUT2D eigenvalue weighted by molar-refractivity contribution is 7.13. The second-order valence-corrected chi connectivity index (χ2v) is 13.6. The summed E-state index contributed by atoms with van der Waals surface area (Å²) in [5.74, 6) is -0.891. The Bertz CT molecular complexity index is 1630. The summed E-state index contributed by atoms with van der Waals surface area (Å²) in [5, 5.41) is 7.49. The van der Waals surface area contributed by atoms with E-state index in [1.807, 2.05) is 70.1 Å². The van der Waals surface area contributed by atoms with Crippen molar-refractivity contribution in [3.05, 3.63) is 113 Å². The van der Waals surface area contributed by atoms with E-state index in [1.165, 1.54) is 45.3 Å². The molecule has 4 aromatic rings. The Morgan fingerprint density at radius 1 is 0.396 bits per heavy atom. The Morgan fingerprint density at radius 2 is 0.625 bits per heavy atom. The molecule has 0 fully saturated rings. The predicted molar refractivity (Wildman–Crippen MR) is 191 cm³/mol. The number of hydrogen-bond acceptors (Lipinski definition) is 12. The maximum absolute atomic E-state index is 13.2. The van der Waals surface area contributed by atoms with Crippen molar-refractivity contribution in [1.29, 1.82) is 0 Å². The number of carbonyl (C=O) groups is 4. The van der Waals surface area contributed by atoms with E-state index < -0.39 is 0 Å². The molecule has 248 valence electrons. The van der Waals surface area contributed by atoms with Gasteiger partial charge in [0.15, 0.2) is 23.0 Å². The van der Waals surface area contributed by atoms with Gasteiger partial charge in [0.1, 0.15) is 0 Å². The minimum absolute atomic E-state index is 0.0775. The first-order valence-electron chi connectivity index (χ1n) is 15.2. The molecule has 2 aliphatic carbocycles. The summed E-state index contributed by atoms with van der Waals surface area (Å²) in [7, 11) is 0. The summed E-state index contributed by atoms with van der Waals surface area (Å²) < 4.78 is 22.2. The third-order valence-corrected chi connectivity index (χ3v) is 10.4. The van der Waals surface area contributed by atoms with Crippen molar-refractivity contribution in [3.8, 4) is 0 Å². The van der Waals surface area contributed by atoms with Gasteiger partial charge < -0.3 is 18.9 Å². The van der Waals surface area contributed by atoms with E-state index in [4.69, 9.17) is 18.9 Å². The van der Waals surface area contributed by atoms with E-state index >= 15 is 0 Å². The molecule has 0 amide bonds. The van der Waals surface area contributed by atoms with Gasteiger partial charge in [0, 0.05) is 19.5 Å². The van der Waals surface area contributed by atoms with Crippen LogP contribution in [0.25, 0.3) is 22.3 Å². The molecule has 0 aliphatic heterocycles. The third kappa shape index (κ3) is 6.93. The Balaban J connectivity index is 0.000000188. The number of carbonyl (C=O) groups excluding carboxylic acids is 4. The fourth-order valence-corrected chi connectivity index (χ4v) is 8.09. The van der Waals surface area contributed by atoms with Crippen LogP contribution in [-0.2, 0) is 38.1 Å². The minimum atomic E-state index is -0.370. The van der Waals surface area contributed by atoms with Crippen LogP contribution in [0, 0.1) is 0 Å². The van der Waals surface area contributed by atoms with Crippen LogP contribution in [-0.4, -0.2) is 49.6 Å². The Kier molecular flexibility index (Phi) is 11.8. The molecule has 0 bridgehead atoms. The van der Waals surface area contributed by atoms with Crippen LogP contribution in [0.1, 0.15) is 47.2 Å². The molecule has 0 atom stereocenters. The second-order valence-electron chi connectivity index (χ2n) is 9.77. The Labute approximate surface area is 294 Å². The van der Waals surface area contributed by atoms with E-state index in [-0.39, 0.29) is 46.2 Å². The number of rotatable bonds is 12. The number of ketones is 4. The maximum atomic E-state index is 13.2. The van der Waals surface area contributed by atoms with Crippen molar-refractivity contribution in [3.63, 3.8) is 0 Å². The topological polar surface area (TPSA) is 105 Å². The molecule has 8 nitrogen and oxygen atoms in total. The first-order valence-corrected chi connectivity index (χ1v) is 18.7. The largest absolute Gasteiger partial charge is 0.489 e. The van der Waals surface area contributed by atoms with Crippen molar-refractivity contribution in [2.24, 2.45) is 0 Å². The summed E-state index contributed by atoms with van der Waals surface area (Å²) in [5.41, 5.74) is 1.29. The molecule has 0 spiro atoms. The van der Waals surface area contributed by atoms with Gasteiger partial charge in [-0.1, -0.05) is 24.3 Å². The van der Waals surface area contributed by atoms with E-state index in [0.717, 1.165) is 19.5 Å². The highest BCUT2D eigenvalue weighted by atomic mass is 32.1. The zero-order chi connectivity index (χ0) is 34.2. The predicted octanol–water partition coefficient (Wildman–Crippen LogP) is 8.31. The molecule has 4 heterocycles. The van der Waals surface area contributed by atoms with Crippen LogP contribution in [0.3, 0.4) is 0 Å². The lowest BCUT2D eigenvalue weighted by atomic mass is 9.90. The summed E-state index contributed by atoms with van der Waals surface area (Å²) in [6, 6.07) is 14.7. The molecule has 2 aliphatic rings. The summed E-state index contributed by atoms with van der Waals surface area (Å²) in [4.78, 5) is 55.2. The maximum Gasteiger partial charge on any atom is 0.263 e. The fraction of sp³-hybridized carbons (Fsp3) is 0.222. The molecule has 6 rings (SSSR count). The molecule has 12 heteroatoms. The van der Waals surface area contributed by atoms with Crippen LogP contribution in [0.2, 0.25) is 0 Å². The second kappa shape index (κ2) is 16.2. The van der Waals surface area contributed by atoms with Crippen molar-refractivity contribution in [2.45, 2.75) is 27.7 Å². The van der Waals surface area contributed by atoms with E-state index in [1.54, 1.807) is 27.7 Å². The minimum Gasteiger partial charge on any atom is -0.489 e. The van der Waals surface area contributed by atoms with Gasteiger partial charge in [-0.05, 0) is 73.5 Å². The molecule has 0 N–H and O–H groups in total. The van der Waals surface area contributed by atoms with Gasteiger partial charge in [-0.3, -0.25) is 19.2 Å². The lowest BCUT2D eigenvalue weighted by Gasteiger charge is -2.22. The van der Waals surface area contributed by atoms with E-state index in [2.05, 4.69) is 0 Å². The SMILES string of the molecule is CCOC1=C(c2cccs2)C(=O)C(c2cccs2)=C(OCC)C1=O.CCOC1=C(c2cccs2)C(=O)C(c2cccs2)=C(OCC)C1=O. The van der Waals surface area contributed by atoms with Crippen LogP contribution in [0.4, 0.5) is 0 Å². The molecule has 4 aromatic heterocycles. The van der Waals surface area contributed by atoms with Gasteiger partial charge in [0.25, 0.3) is 11.6 Å². The standard InChI is InChI=1S/2C18H16O4S2/c2*1-3-21-17-13(11-7-5-9-23-11)15(19)14(12-8-6-10-24-12)18(16(17)20)22-4-2/h2*5-10H,3-4H2,1-2H3. The number of allylic oxidation sites excluding steroid dienone is 4. The van der Waals surface area contributed by atoms with Gasteiger partial charge in [-0.25, -0.2) is 0 Å². The highest BCUT2D eigenvalue weighted by Gasteiger charge is 2.40. The smallest absolute Gasteiger partial charge is 0.263 e. The van der Waals surface area contributed by atoms with Gasteiger partial charge in [0.05, 0.1) is 48.7 Å². The third-order valence-electron chi connectivity index (χ3n) is 6.87. The molecule has 0 radical (unpaired) electrons. The Hall–Kier alpha value is -4.36. The van der Waals surface area contributed by atoms with Gasteiger partial charge >= 0.3 is 0 Å². The highest BCUT2D eigenvalue weighted by Crippen LogP contribution is 2.41. The molecule has 0 saturated carbocycles. The lowest BCUT2D eigenvalue weighted by molar-refractivity contribution is -0.120. The quantitative estimate of drug-likeness (QED) is 0.135. The van der Waals surface area contributed by atoms with Crippen LogP contribution in [0.5, 0.6) is 0 Å². The normalized spacial score (nSPS) is 15.2. The summed E-state index contributed by atoms with van der Waals surface area (Å²) >= 11 is 5.63. The number of Topliss-reactive ketones (excluding diaryl/α,β-unsaturated/α-hetero) is 4. The van der Waals surface area contributed by atoms with Crippen LogP contribution >= 0.6 is 45.3 Å². The number of ether oxygens (including phenoxy) is 4. The van der Waals surface area contributed by atoms with E-state index in [9.17, 15) is 19.2 Å². The average Bonchev–Trinajstić information content (AvgIpc) is 3.92. The molecule has 0 saturated heterocycles. The zero-order valence-corrected chi connectivity index (χ0v) is 29.9. The van der Waals surface area contributed by atoms with Crippen LogP contribution < -0.4 is 0 Å². The molecular formula is C36H32O8S4. The Morgan fingerprint density at radius 3 is 0.792 bits per heavy atom. The van der Waals surface area contributed by atoms with Gasteiger partial charge in [-0.2, -0.15) is 0 Å². The summed E-state index contributed by atoms with van der Waals surface area (Å²) in [6.45, 7) is 8.36.